The molecule has 1 aliphatic carbocycles. The molecule has 0 saturated carbocycles. The molecule has 39 heavy (non-hydrogen) atoms. The first kappa shape index (κ1) is 26.3. The van der Waals surface area contributed by atoms with Crippen LogP contribution < -0.4 is 0 Å². The monoisotopic (exact) mass is 532 g/mol. The van der Waals surface area contributed by atoms with Gasteiger partial charge in [-0.25, -0.2) is 14.4 Å². The van der Waals surface area contributed by atoms with E-state index in [0.29, 0.717) is 13.0 Å². The van der Waals surface area contributed by atoms with Gasteiger partial charge in [0.05, 0.1) is 18.8 Å². The Kier molecular flexibility index (Phi) is 7.08. The predicted octanol–water partition coefficient (Wildman–Crippen LogP) is 5.74. The zero-order valence-electron chi connectivity index (χ0n) is 22.3. The fraction of sp³-hybridized carbons (Fsp3) is 0.367. The number of hydrogen-bond acceptors (Lipinski definition) is 6. The summed E-state index contributed by atoms with van der Waals surface area (Å²) in [5.74, 6) is -1.12. The van der Waals surface area contributed by atoms with Crippen LogP contribution in [0, 0.1) is 0 Å². The van der Waals surface area contributed by atoms with Gasteiger partial charge in [0.2, 0.25) is 0 Å². The molecule has 5 rings (SSSR count). The summed E-state index contributed by atoms with van der Waals surface area (Å²) in [4.78, 5) is 41.0. The second-order valence-corrected chi connectivity index (χ2v) is 10.9. The number of hydrogen-bond donors (Lipinski definition) is 1. The maximum atomic E-state index is 13.6. The summed E-state index contributed by atoms with van der Waals surface area (Å²) >= 11 is 0. The minimum atomic E-state index is -1.15. The van der Waals surface area contributed by atoms with Gasteiger partial charge < -0.3 is 23.9 Å². The molecule has 1 atom stereocenters. The van der Waals surface area contributed by atoms with Crippen molar-refractivity contribution >= 4 is 18.2 Å². The van der Waals surface area contributed by atoms with E-state index in [2.05, 4.69) is 12.1 Å². The largest absolute Gasteiger partial charge is 0.478 e. The zero-order valence-corrected chi connectivity index (χ0v) is 22.3. The van der Waals surface area contributed by atoms with Gasteiger partial charge in [-0.3, -0.25) is 4.90 Å². The highest BCUT2D eigenvalue weighted by Gasteiger charge is 2.37. The van der Waals surface area contributed by atoms with E-state index in [0.717, 1.165) is 22.3 Å². The molecule has 1 fully saturated rings. The first-order valence-corrected chi connectivity index (χ1v) is 13.0. The van der Waals surface area contributed by atoms with E-state index < -0.39 is 29.8 Å². The Labute approximate surface area is 226 Å². The van der Waals surface area contributed by atoms with Crippen LogP contribution in [0.3, 0.4) is 0 Å². The SMILES string of the molecule is CC(C)(C)OC(=O)N1CCC(N(Cc2occc2C(=O)O)C(=O)OCC2c3ccccc3-c3ccccc32)C1. The quantitative estimate of drug-likeness (QED) is 0.431. The molecule has 3 aromatic rings. The van der Waals surface area contributed by atoms with Crippen LogP contribution in [-0.4, -0.2) is 64.4 Å². The lowest BCUT2D eigenvalue weighted by Crippen LogP contribution is -2.43. The average molecular weight is 533 g/mol. The highest BCUT2D eigenvalue weighted by atomic mass is 16.6. The van der Waals surface area contributed by atoms with Crippen molar-refractivity contribution in [2.24, 2.45) is 0 Å². The minimum Gasteiger partial charge on any atom is -0.478 e. The number of rotatable bonds is 6. The lowest BCUT2D eigenvalue weighted by atomic mass is 9.98. The van der Waals surface area contributed by atoms with E-state index in [9.17, 15) is 19.5 Å². The van der Waals surface area contributed by atoms with Crippen LogP contribution in [0.25, 0.3) is 11.1 Å². The summed E-state index contributed by atoms with van der Waals surface area (Å²) < 4.78 is 16.8. The van der Waals surface area contributed by atoms with Crippen LogP contribution in [0.2, 0.25) is 0 Å². The number of ether oxygens (including phenoxy) is 2. The van der Waals surface area contributed by atoms with Gasteiger partial charge in [0, 0.05) is 19.0 Å². The Morgan fingerprint density at radius 2 is 1.67 bits per heavy atom. The number of aromatic carboxylic acids is 1. The third kappa shape index (κ3) is 5.48. The normalized spacial score (nSPS) is 16.5. The number of furan rings is 1. The predicted molar refractivity (Wildman–Crippen MR) is 142 cm³/mol. The highest BCUT2D eigenvalue weighted by molar-refractivity contribution is 5.88. The molecule has 1 aromatic heterocycles. The number of carbonyl (C=O) groups excluding carboxylic acids is 2. The number of amides is 2. The third-order valence-corrected chi connectivity index (χ3v) is 7.12. The zero-order chi connectivity index (χ0) is 27.7. The summed E-state index contributed by atoms with van der Waals surface area (Å²) in [6, 6.07) is 17.1. The maximum Gasteiger partial charge on any atom is 0.410 e. The van der Waals surface area contributed by atoms with Crippen LogP contribution in [0.4, 0.5) is 9.59 Å². The molecular weight excluding hydrogens is 500 g/mol. The van der Waals surface area contributed by atoms with Crippen molar-refractivity contribution in [3.63, 3.8) is 0 Å². The van der Waals surface area contributed by atoms with E-state index >= 15 is 0 Å². The topological polar surface area (TPSA) is 110 Å². The average Bonchev–Trinajstić information content (AvgIpc) is 3.63. The first-order valence-electron chi connectivity index (χ1n) is 13.0. The number of fused-ring (bicyclic) bond motifs is 3. The number of likely N-dealkylation sites (tertiary alicyclic amines) is 1. The Morgan fingerprint density at radius 3 is 2.28 bits per heavy atom. The number of benzene rings is 2. The van der Waals surface area contributed by atoms with Gasteiger partial charge in [-0.2, -0.15) is 0 Å². The number of carbonyl (C=O) groups is 3. The van der Waals surface area contributed by atoms with Gasteiger partial charge in [-0.05, 0) is 55.5 Å². The number of carboxylic acid groups (broad SMARTS) is 1. The summed E-state index contributed by atoms with van der Waals surface area (Å²) in [6.45, 7) is 6.05. The molecule has 1 unspecified atom stereocenters. The van der Waals surface area contributed by atoms with Gasteiger partial charge in [0.1, 0.15) is 23.5 Å². The van der Waals surface area contributed by atoms with Crippen LogP contribution in [0.1, 0.15) is 60.4 Å². The van der Waals surface area contributed by atoms with Crippen molar-refractivity contribution in [3.05, 3.63) is 83.3 Å². The van der Waals surface area contributed by atoms with E-state index in [1.54, 1.807) is 25.7 Å². The van der Waals surface area contributed by atoms with Gasteiger partial charge in [0.15, 0.2) is 0 Å². The Balaban J connectivity index is 1.35. The Hall–Kier alpha value is -4.27. The van der Waals surface area contributed by atoms with E-state index in [1.165, 1.54) is 17.2 Å². The summed E-state index contributed by atoms with van der Waals surface area (Å²) in [7, 11) is 0. The van der Waals surface area contributed by atoms with Gasteiger partial charge in [-0.15, -0.1) is 0 Å². The molecule has 9 nitrogen and oxygen atoms in total. The van der Waals surface area contributed by atoms with Crippen molar-refractivity contribution in [1.29, 1.82) is 0 Å². The van der Waals surface area contributed by atoms with Crippen molar-refractivity contribution < 1.29 is 33.4 Å². The van der Waals surface area contributed by atoms with E-state index in [4.69, 9.17) is 13.9 Å². The molecule has 2 heterocycles. The summed E-state index contributed by atoms with van der Waals surface area (Å²) in [5, 5.41) is 9.56. The molecule has 2 aromatic carbocycles. The first-order chi connectivity index (χ1) is 18.6. The number of nitrogens with zero attached hydrogens (tertiary/aromatic N) is 2. The molecular formula is C30H32N2O7. The molecule has 204 valence electrons. The molecule has 1 saturated heterocycles. The van der Waals surface area contributed by atoms with Crippen LogP contribution >= 0.6 is 0 Å². The van der Waals surface area contributed by atoms with Crippen molar-refractivity contribution in [2.45, 2.75) is 51.3 Å². The Morgan fingerprint density at radius 1 is 1.03 bits per heavy atom. The Bertz CT molecular complexity index is 1340. The molecule has 0 bridgehead atoms. The van der Waals surface area contributed by atoms with E-state index in [1.807, 2.05) is 36.4 Å². The molecule has 1 aliphatic heterocycles. The molecule has 0 radical (unpaired) electrons. The fourth-order valence-corrected chi connectivity index (χ4v) is 5.32. The second-order valence-electron chi connectivity index (χ2n) is 10.9. The standard InChI is InChI=1S/C30H32N2O7/c1-30(2,3)39-28(35)31-14-12-19(16-31)32(17-26-24(27(33)34)13-15-37-26)29(36)38-18-25-22-10-6-4-8-20(22)21-9-5-7-11-23(21)25/h4-11,13,15,19,25H,12,14,16-18H2,1-3H3,(H,33,34). The maximum absolute atomic E-state index is 13.6. The van der Waals surface area contributed by atoms with Crippen LogP contribution in [0.15, 0.2) is 65.3 Å². The molecule has 0 spiro atoms. The third-order valence-electron chi connectivity index (χ3n) is 7.12. The lowest BCUT2D eigenvalue weighted by Gasteiger charge is -2.29. The van der Waals surface area contributed by atoms with Gasteiger partial charge in [-0.1, -0.05) is 48.5 Å². The van der Waals surface area contributed by atoms with Crippen molar-refractivity contribution in [1.82, 2.24) is 9.80 Å². The number of carboxylic acids is 1. The smallest absolute Gasteiger partial charge is 0.410 e. The molecule has 1 N–H and O–H groups in total. The van der Waals surface area contributed by atoms with Crippen LogP contribution in [-0.2, 0) is 16.0 Å². The summed E-state index contributed by atoms with van der Waals surface area (Å²) in [5.41, 5.74) is 3.76. The second kappa shape index (κ2) is 10.5. The molecule has 2 aliphatic rings. The van der Waals surface area contributed by atoms with E-state index in [-0.39, 0.29) is 36.9 Å². The molecule has 9 heteroatoms. The van der Waals surface area contributed by atoms with Crippen molar-refractivity contribution in [3.8, 4) is 11.1 Å². The van der Waals surface area contributed by atoms with Gasteiger partial charge in [0.25, 0.3) is 0 Å². The molecule has 2 amide bonds. The summed E-state index contributed by atoms with van der Waals surface area (Å²) in [6.07, 6.45) is 0.727. The van der Waals surface area contributed by atoms with Crippen molar-refractivity contribution in [2.75, 3.05) is 19.7 Å². The van der Waals surface area contributed by atoms with Gasteiger partial charge >= 0.3 is 18.2 Å². The lowest BCUT2D eigenvalue weighted by molar-refractivity contribution is 0.0270. The minimum absolute atomic E-state index is 0.0200. The highest BCUT2D eigenvalue weighted by Crippen LogP contribution is 2.44. The van der Waals surface area contributed by atoms with Crippen LogP contribution in [0.5, 0.6) is 0 Å². The fourth-order valence-electron chi connectivity index (χ4n) is 5.32.